The molecule has 2 aliphatic heterocycles. The van der Waals surface area contributed by atoms with Crippen molar-refractivity contribution in [3.63, 3.8) is 0 Å². The van der Waals surface area contributed by atoms with Crippen LogP contribution in [0.1, 0.15) is 6.42 Å². The molecule has 0 aliphatic carbocycles. The molecule has 2 rings (SSSR count). The quantitative estimate of drug-likeness (QED) is 0.444. The number of hydrazine groups is 1. The smallest absolute Gasteiger partial charge is 0.0356 e. The molecule has 2 fully saturated rings. The zero-order valence-electron chi connectivity index (χ0n) is 5.72. The molecule has 2 atom stereocenters. The van der Waals surface area contributed by atoms with Gasteiger partial charge >= 0.3 is 0 Å². The number of nitrogens with zero attached hydrogens (tertiary/aromatic N) is 1. The second kappa shape index (κ2) is 1.94. The van der Waals surface area contributed by atoms with E-state index in [4.69, 9.17) is 0 Å². The Bertz CT molecular complexity index is 103. The molecule has 0 radical (unpaired) electrons. The number of likely N-dealkylation sites (tertiary alicyclic amines) is 1. The van der Waals surface area contributed by atoms with E-state index >= 15 is 0 Å². The Morgan fingerprint density at radius 3 is 2.33 bits per heavy atom. The molecule has 0 aromatic rings. The minimum atomic E-state index is 0.703. The number of piperidine rings is 1. The molecule has 0 saturated carbocycles. The average Bonchev–Trinajstić information content (AvgIpc) is 2.11. The van der Waals surface area contributed by atoms with Crippen molar-refractivity contribution in [3.8, 4) is 0 Å². The maximum absolute atomic E-state index is 3.26. The summed E-state index contributed by atoms with van der Waals surface area (Å²) in [6.45, 7) is 2.40. The van der Waals surface area contributed by atoms with Crippen molar-refractivity contribution in [2.45, 2.75) is 18.5 Å². The van der Waals surface area contributed by atoms with Gasteiger partial charge in [-0.15, -0.1) is 0 Å². The van der Waals surface area contributed by atoms with E-state index in [2.05, 4.69) is 22.8 Å². The highest BCUT2D eigenvalue weighted by Crippen LogP contribution is 2.12. The molecule has 52 valence electrons. The first kappa shape index (κ1) is 5.65. The molecule has 0 amide bonds. The highest BCUT2D eigenvalue weighted by atomic mass is 15.5. The molecule has 2 saturated heterocycles. The lowest BCUT2D eigenvalue weighted by Crippen LogP contribution is -2.40. The Labute approximate surface area is 55.4 Å². The fraction of sp³-hybridized carbons (Fsp3) is 1.00. The van der Waals surface area contributed by atoms with Crippen LogP contribution in [0.5, 0.6) is 0 Å². The van der Waals surface area contributed by atoms with Crippen LogP contribution < -0.4 is 10.9 Å². The molecule has 2 aliphatic rings. The Hall–Kier alpha value is -0.120. The van der Waals surface area contributed by atoms with Gasteiger partial charge < -0.3 is 4.90 Å². The first-order valence-electron chi connectivity index (χ1n) is 3.54. The van der Waals surface area contributed by atoms with Gasteiger partial charge in [0.1, 0.15) is 0 Å². The van der Waals surface area contributed by atoms with Crippen LogP contribution in [0.4, 0.5) is 0 Å². The minimum Gasteiger partial charge on any atom is -0.303 e. The van der Waals surface area contributed by atoms with E-state index in [1.165, 1.54) is 19.5 Å². The molecule has 0 aromatic heterocycles. The van der Waals surface area contributed by atoms with Gasteiger partial charge in [0.05, 0.1) is 0 Å². The first-order valence-corrected chi connectivity index (χ1v) is 3.54. The highest BCUT2D eigenvalue weighted by Gasteiger charge is 2.30. The second-order valence-corrected chi connectivity index (χ2v) is 3.14. The molecule has 9 heavy (non-hydrogen) atoms. The van der Waals surface area contributed by atoms with E-state index in [-0.39, 0.29) is 0 Å². The van der Waals surface area contributed by atoms with Crippen molar-refractivity contribution < 1.29 is 0 Å². The van der Waals surface area contributed by atoms with Gasteiger partial charge in [-0.25, -0.2) is 0 Å². The predicted molar refractivity (Wildman–Crippen MR) is 36.0 cm³/mol. The highest BCUT2D eigenvalue weighted by molar-refractivity contribution is 4.89. The van der Waals surface area contributed by atoms with Gasteiger partial charge in [-0.3, -0.25) is 10.9 Å². The van der Waals surface area contributed by atoms with Crippen molar-refractivity contribution >= 4 is 0 Å². The van der Waals surface area contributed by atoms with Gasteiger partial charge in [-0.2, -0.15) is 0 Å². The number of nitrogens with one attached hydrogen (secondary N) is 2. The van der Waals surface area contributed by atoms with Crippen molar-refractivity contribution in [3.05, 3.63) is 0 Å². The van der Waals surface area contributed by atoms with Crippen LogP contribution in [0.2, 0.25) is 0 Å². The maximum atomic E-state index is 3.26. The van der Waals surface area contributed by atoms with Gasteiger partial charge in [-0.05, 0) is 13.5 Å². The average molecular weight is 127 g/mol. The van der Waals surface area contributed by atoms with Crippen molar-refractivity contribution in [1.82, 2.24) is 15.8 Å². The fourth-order valence-corrected chi connectivity index (χ4v) is 1.76. The Balaban J connectivity index is 2.03. The number of likely N-dealkylation sites (N-methyl/N-ethyl adjacent to an activating group) is 1. The SMILES string of the molecule is CN1CC2CC(C1)NN2. The number of rotatable bonds is 0. The Kier molecular flexibility index (Phi) is 1.22. The number of hydrogen-bond donors (Lipinski definition) is 2. The standard InChI is InChI=1S/C6H13N3/c1-9-3-5-2-6(4-9)8-7-5/h5-8H,2-4H2,1H3. The second-order valence-electron chi connectivity index (χ2n) is 3.14. The molecule has 3 nitrogen and oxygen atoms in total. The summed E-state index contributed by atoms with van der Waals surface area (Å²) >= 11 is 0. The van der Waals surface area contributed by atoms with E-state index in [0.29, 0.717) is 12.1 Å². The lowest BCUT2D eigenvalue weighted by molar-refractivity contribution is 0.257. The summed E-state index contributed by atoms with van der Waals surface area (Å²) in [7, 11) is 2.17. The molecule has 2 bridgehead atoms. The lowest BCUT2D eigenvalue weighted by Gasteiger charge is -2.25. The Morgan fingerprint density at radius 1 is 1.22 bits per heavy atom. The van der Waals surface area contributed by atoms with E-state index in [1.807, 2.05) is 0 Å². The predicted octanol–water partition coefficient (Wildman–Crippen LogP) is -0.833. The van der Waals surface area contributed by atoms with Gasteiger partial charge in [0.15, 0.2) is 0 Å². The fourth-order valence-electron chi connectivity index (χ4n) is 1.76. The number of fused-ring (bicyclic) bond motifs is 2. The minimum absolute atomic E-state index is 0.703. The number of hydrogen-bond acceptors (Lipinski definition) is 3. The zero-order valence-corrected chi connectivity index (χ0v) is 5.72. The van der Waals surface area contributed by atoms with Crippen LogP contribution in [-0.4, -0.2) is 37.1 Å². The zero-order chi connectivity index (χ0) is 6.27. The summed E-state index contributed by atoms with van der Waals surface area (Å²) in [6.07, 6.45) is 1.31. The van der Waals surface area contributed by atoms with Crippen LogP contribution in [0, 0.1) is 0 Å². The van der Waals surface area contributed by atoms with Crippen LogP contribution in [-0.2, 0) is 0 Å². The summed E-state index contributed by atoms with van der Waals surface area (Å²) in [5.41, 5.74) is 6.51. The largest absolute Gasteiger partial charge is 0.303 e. The van der Waals surface area contributed by atoms with Gasteiger partial charge in [-0.1, -0.05) is 0 Å². The summed E-state index contributed by atoms with van der Waals surface area (Å²) < 4.78 is 0. The summed E-state index contributed by atoms with van der Waals surface area (Å²) in [4.78, 5) is 2.37. The maximum Gasteiger partial charge on any atom is 0.0356 e. The van der Waals surface area contributed by atoms with Crippen LogP contribution in [0.3, 0.4) is 0 Å². The molecular weight excluding hydrogens is 114 g/mol. The third-order valence-corrected chi connectivity index (χ3v) is 2.12. The van der Waals surface area contributed by atoms with Gasteiger partial charge in [0.25, 0.3) is 0 Å². The van der Waals surface area contributed by atoms with Crippen LogP contribution in [0.25, 0.3) is 0 Å². The summed E-state index contributed by atoms with van der Waals surface area (Å²) in [6, 6.07) is 1.41. The monoisotopic (exact) mass is 127 g/mol. The van der Waals surface area contributed by atoms with Crippen LogP contribution in [0.15, 0.2) is 0 Å². The summed E-state index contributed by atoms with van der Waals surface area (Å²) in [5.74, 6) is 0. The molecule has 2 heterocycles. The van der Waals surface area contributed by atoms with Gasteiger partial charge in [0, 0.05) is 25.2 Å². The van der Waals surface area contributed by atoms with Gasteiger partial charge in [0.2, 0.25) is 0 Å². The van der Waals surface area contributed by atoms with E-state index in [9.17, 15) is 0 Å². The van der Waals surface area contributed by atoms with Crippen molar-refractivity contribution in [1.29, 1.82) is 0 Å². The third-order valence-electron chi connectivity index (χ3n) is 2.12. The molecule has 2 N–H and O–H groups in total. The summed E-state index contributed by atoms with van der Waals surface area (Å²) in [5, 5.41) is 0. The molecule has 2 unspecified atom stereocenters. The molecule has 0 spiro atoms. The van der Waals surface area contributed by atoms with Crippen LogP contribution >= 0.6 is 0 Å². The lowest BCUT2D eigenvalue weighted by atomic mass is 10.1. The third kappa shape index (κ3) is 0.956. The van der Waals surface area contributed by atoms with Crippen molar-refractivity contribution in [2.75, 3.05) is 20.1 Å². The Morgan fingerprint density at radius 2 is 1.78 bits per heavy atom. The van der Waals surface area contributed by atoms with Crippen molar-refractivity contribution in [2.24, 2.45) is 0 Å². The van der Waals surface area contributed by atoms with E-state index < -0.39 is 0 Å². The molecule has 3 heteroatoms. The first-order chi connectivity index (χ1) is 4.34. The van der Waals surface area contributed by atoms with E-state index in [1.54, 1.807) is 0 Å². The molecule has 0 aromatic carbocycles. The normalized spacial score (nSPS) is 43.7. The topological polar surface area (TPSA) is 27.3 Å². The van der Waals surface area contributed by atoms with E-state index in [0.717, 1.165) is 0 Å². The molecular formula is C6H13N3.